The first-order valence-corrected chi connectivity index (χ1v) is 9.14. The highest BCUT2D eigenvalue weighted by molar-refractivity contribution is 14.0. The van der Waals surface area contributed by atoms with Crippen LogP contribution in [0.25, 0.3) is 0 Å². The van der Waals surface area contributed by atoms with Crippen LogP contribution in [0.1, 0.15) is 38.5 Å². The molecule has 0 unspecified atom stereocenters. The van der Waals surface area contributed by atoms with Gasteiger partial charge in [0.25, 0.3) is 0 Å². The summed E-state index contributed by atoms with van der Waals surface area (Å²) in [4.78, 5) is 6.28. The summed E-state index contributed by atoms with van der Waals surface area (Å²) in [5.41, 5.74) is 5.90. The minimum Gasteiger partial charge on any atom is -0.370 e. The first-order chi connectivity index (χ1) is 9.07. The van der Waals surface area contributed by atoms with E-state index in [4.69, 9.17) is 5.73 Å². The van der Waals surface area contributed by atoms with Gasteiger partial charge in [-0.2, -0.15) is 0 Å². The Bertz CT molecular complexity index is 415. The second kappa shape index (κ2) is 8.41. The quantitative estimate of drug-likeness (QED) is 0.421. The van der Waals surface area contributed by atoms with Crippen LogP contribution in [0.3, 0.4) is 0 Å². The van der Waals surface area contributed by atoms with Crippen molar-refractivity contribution in [3.63, 3.8) is 0 Å². The number of piperidine rings is 1. The molecule has 0 atom stereocenters. The number of nitrogens with zero attached hydrogens (tertiary/aromatic N) is 2. The van der Waals surface area contributed by atoms with Crippen LogP contribution in [-0.4, -0.2) is 50.4 Å². The van der Waals surface area contributed by atoms with Gasteiger partial charge in [0.15, 0.2) is 15.8 Å². The van der Waals surface area contributed by atoms with Crippen molar-refractivity contribution in [2.45, 2.75) is 38.5 Å². The third-order valence-electron chi connectivity index (χ3n) is 4.07. The molecule has 0 aromatic carbocycles. The maximum atomic E-state index is 11.9. The predicted octanol–water partition coefficient (Wildman–Crippen LogP) is 1.62. The molecule has 0 bridgehead atoms. The summed E-state index contributed by atoms with van der Waals surface area (Å²) in [7, 11) is -2.95. The molecule has 0 aromatic rings. The van der Waals surface area contributed by atoms with E-state index in [-0.39, 0.29) is 29.7 Å². The number of likely N-dealkylation sites (tertiary alicyclic amines) is 1. The van der Waals surface area contributed by atoms with Gasteiger partial charge in [-0.3, -0.25) is 4.99 Å². The smallest absolute Gasteiger partial charge is 0.191 e. The molecule has 2 N–H and O–H groups in total. The molecule has 20 heavy (non-hydrogen) atoms. The Hall–Kier alpha value is -0.0500. The number of rotatable bonds is 5. The van der Waals surface area contributed by atoms with Crippen molar-refractivity contribution in [1.29, 1.82) is 0 Å². The van der Waals surface area contributed by atoms with E-state index in [0.29, 0.717) is 24.2 Å². The number of sulfone groups is 1. The van der Waals surface area contributed by atoms with E-state index < -0.39 is 9.84 Å². The number of hydrogen-bond acceptors (Lipinski definition) is 3. The predicted molar refractivity (Wildman–Crippen MR) is 93.3 cm³/mol. The van der Waals surface area contributed by atoms with Gasteiger partial charge in [-0.1, -0.05) is 6.42 Å². The van der Waals surface area contributed by atoms with Gasteiger partial charge in [0.2, 0.25) is 0 Å². The Labute approximate surface area is 139 Å². The van der Waals surface area contributed by atoms with Crippen molar-refractivity contribution in [2.75, 3.05) is 31.1 Å². The van der Waals surface area contributed by atoms with Crippen LogP contribution in [0.2, 0.25) is 0 Å². The summed E-state index contributed by atoms with van der Waals surface area (Å²) in [6.07, 6.45) is 6.86. The lowest BCUT2D eigenvalue weighted by Gasteiger charge is -2.27. The summed E-state index contributed by atoms with van der Waals surface area (Å²) in [6.45, 7) is 2.20. The van der Waals surface area contributed by atoms with Gasteiger partial charge in [0.1, 0.15) is 0 Å². The molecule has 1 heterocycles. The molecule has 5 nitrogen and oxygen atoms in total. The zero-order chi connectivity index (χ0) is 13.7. The molecule has 7 heteroatoms. The average Bonchev–Trinajstić information content (AvgIpc) is 2.35. The average molecular weight is 415 g/mol. The second-order valence-electron chi connectivity index (χ2n) is 5.70. The third kappa shape index (κ3) is 5.75. The molecule has 0 radical (unpaired) electrons. The van der Waals surface area contributed by atoms with Gasteiger partial charge < -0.3 is 10.6 Å². The molecule has 1 aliphatic carbocycles. The largest absolute Gasteiger partial charge is 0.370 e. The molecule has 1 aliphatic heterocycles. The van der Waals surface area contributed by atoms with E-state index in [1.54, 1.807) is 0 Å². The first-order valence-electron chi connectivity index (χ1n) is 7.32. The Morgan fingerprint density at radius 3 is 2.35 bits per heavy atom. The highest BCUT2D eigenvalue weighted by atomic mass is 127. The van der Waals surface area contributed by atoms with Gasteiger partial charge in [0.05, 0.1) is 18.1 Å². The fourth-order valence-electron chi connectivity index (χ4n) is 2.62. The van der Waals surface area contributed by atoms with Crippen molar-refractivity contribution < 1.29 is 8.42 Å². The molecule has 0 amide bonds. The van der Waals surface area contributed by atoms with Crippen molar-refractivity contribution in [3.05, 3.63) is 0 Å². The highest BCUT2D eigenvalue weighted by Gasteiger charge is 2.24. The molecule has 0 aromatic heterocycles. The van der Waals surface area contributed by atoms with E-state index in [9.17, 15) is 8.42 Å². The molecule has 118 valence electrons. The number of guanidine groups is 1. The van der Waals surface area contributed by atoms with Crippen molar-refractivity contribution in [1.82, 2.24) is 4.90 Å². The standard InChI is InChI=1S/C13H25N3O2S.HI/c14-13(16-8-2-1-3-9-16)15-7-10-19(17,18)11-12-5-4-6-12;/h12H,1-11H2,(H2,14,15);1H. The van der Waals surface area contributed by atoms with Gasteiger partial charge in [-0.05, 0) is 38.0 Å². The molecule has 1 saturated carbocycles. The van der Waals surface area contributed by atoms with Gasteiger partial charge in [-0.15, -0.1) is 24.0 Å². The molecule has 2 fully saturated rings. The van der Waals surface area contributed by atoms with Gasteiger partial charge >= 0.3 is 0 Å². The summed E-state index contributed by atoms with van der Waals surface area (Å²) < 4.78 is 23.7. The van der Waals surface area contributed by atoms with E-state index >= 15 is 0 Å². The van der Waals surface area contributed by atoms with E-state index in [1.807, 2.05) is 0 Å². The lowest BCUT2D eigenvalue weighted by atomic mass is 9.87. The molecular weight excluding hydrogens is 389 g/mol. The summed E-state index contributed by atoms with van der Waals surface area (Å²) in [5.74, 6) is 1.39. The van der Waals surface area contributed by atoms with Crippen molar-refractivity contribution in [3.8, 4) is 0 Å². The maximum Gasteiger partial charge on any atom is 0.191 e. The van der Waals surface area contributed by atoms with Crippen LogP contribution in [0.4, 0.5) is 0 Å². The first kappa shape index (κ1) is 18.0. The Kier molecular flexibility index (Phi) is 7.57. The Morgan fingerprint density at radius 2 is 1.80 bits per heavy atom. The zero-order valence-electron chi connectivity index (χ0n) is 12.0. The van der Waals surface area contributed by atoms with Crippen LogP contribution < -0.4 is 5.73 Å². The number of aliphatic imine (C=N–C) groups is 1. The van der Waals surface area contributed by atoms with Crippen LogP contribution >= 0.6 is 24.0 Å². The highest BCUT2D eigenvalue weighted by Crippen LogP contribution is 2.27. The molecule has 0 spiro atoms. The molecular formula is C13H26IN3O2S. The summed E-state index contributed by atoms with van der Waals surface area (Å²) >= 11 is 0. The molecule has 1 saturated heterocycles. The lowest BCUT2D eigenvalue weighted by molar-refractivity contribution is 0.338. The monoisotopic (exact) mass is 415 g/mol. The fourth-order valence-corrected chi connectivity index (χ4v) is 4.21. The lowest BCUT2D eigenvalue weighted by Crippen LogP contribution is -2.41. The fraction of sp³-hybridized carbons (Fsp3) is 0.923. The Balaban J connectivity index is 0.00000200. The van der Waals surface area contributed by atoms with Gasteiger partial charge in [0, 0.05) is 13.1 Å². The molecule has 2 aliphatic rings. The van der Waals surface area contributed by atoms with Crippen LogP contribution in [0.5, 0.6) is 0 Å². The van der Waals surface area contributed by atoms with Crippen LogP contribution in [0, 0.1) is 5.92 Å². The normalized spacial score (nSPS) is 21.2. The third-order valence-corrected chi connectivity index (χ3v) is 5.85. The van der Waals surface area contributed by atoms with Crippen molar-refractivity contribution in [2.24, 2.45) is 16.6 Å². The summed E-state index contributed by atoms with van der Waals surface area (Å²) in [5, 5.41) is 0. The van der Waals surface area contributed by atoms with Crippen LogP contribution in [-0.2, 0) is 9.84 Å². The molecule has 2 rings (SSSR count). The number of hydrogen-bond donors (Lipinski definition) is 1. The van der Waals surface area contributed by atoms with Crippen molar-refractivity contribution >= 4 is 39.8 Å². The van der Waals surface area contributed by atoms with E-state index in [2.05, 4.69) is 9.89 Å². The summed E-state index contributed by atoms with van der Waals surface area (Å²) in [6, 6.07) is 0. The van der Waals surface area contributed by atoms with E-state index in [1.165, 1.54) is 12.8 Å². The minimum absolute atomic E-state index is 0. The maximum absolute atomic E-state index is 11.9. The topological polar surface area (TPSA) is 75.8 Å². The number of nitrogens with two attached hydrogens (primary N) is 1. The van der Waals surface area contributed by atoms with Gasteiger partial charge in [-0.25, -0.2) is 8.42 Å². The zero-order valence-corrected chi connectivity index (χ0v) is 15.1. The number of halogens is 1. The van der Waals surface area contributed by atoms with E-state index in [0.717, 1.165) is 38.8 Å². The second-order valence-corrected chi connectivity index (χ2v) is 7.93. The van der Waals surface area contributed by atoms with Crippen LogP contribution in [0.15, 0.2) is 4.99 Å². The SMILES string of the molecule is I.NC(=NCCS(=O)(=O)CC1CCC1)N1CCCCC1. The minimum atomic E-state index is -2.95. The Morgan fingerprint density at radius 1 is 1.15 bits per heavy atom.